The molecule has 40 heavy (non-hydrogen) atoms. The Hall–Kier alpha value is -4.16. The molecule has 0 spiro atoms. The summed E-state index contributed by atoms with van der Waals surface area (Å²) in [6.45, 7) is 5.05. The number of fused-ring (bicyclic) bond motifs is 1. The SMILES string of the molecule is CCS(=O)(=O)Nc1ccc(Oc2c(C)cc(F)cc2C)c(-c2cn(C)c(=O)c3sc(-c4cnc(NC)o4)cc23)c1. The molecule has 9 nitrogen and oxygen atoms in total. The number of anilines is 2. The van der Waals surface area contributed by atoms with Gasteiger partial charge in [-0.05, 0) is 68.3 Å². The van der Waals surface area contributed by atoms with Crippen LogP contribution in [-0.4, -0.2) is 30.8 Å². The average Bonchev–Trinajstić information content (AvgIpc) is 3.56. The monoisotopic (exact) mass is 582 g/mol. The van der Waals surface area contributed by atoms with E-state index < -0.39 is 10.0 Å². The highest BCUT2D eigenvalue weighted by Gasteiger charge is 2.21. The van der Waals surface area contributed by atoms with Crippen LogP contribution in [0.4, 0.5) is 16.1 Å². The van der Waals surface area contributed by atoms with Crippen molar-refractivity contribution in [1.29, 1.82) is 0 Å². The normalized spacial score (nSPS) is 11.7. The number of rotatable bonds is 8. The maximum atomic E-state index is 14.0. The Balaban J connectivity index is 1.74. The predicted molar refractivity (Wildman–Crippen MR) is 157 cm³/mol. The number of hydrogen-bond acceptors (Lipinski definition) is 8. The zero-order chi connectivity index (χ0) is 28.8. The highest BCUT2D eigenvalue weighted by atomic mass is 32.2. The summed E-state index contributed by atoms with van der Waals surface area (Å²) in [6, 6.07) is 9.89. The van der Waals surface area contributed by atoms with Gasteiger partial charge in [0.2, 0.25) is 10.0 Å². The Morgan fingerprint density at radius 1 is 1.12 bits per heavy atom. The molecule has 0 saturated carbocycles. The highest BCUT2D eigenvalue weighted by molar-refractivity contribution is 7.92. The van der Waals surface area contributed by atoms with Crippen LogP contribution in [0.25, 0.3) is 31.9 Å². The number of oxazole rings is 1. The topological polar surface area (TPSA) is 115 Å². The Bertz CT molecular complexity index is 1900. The van der Waals surface area contributed by atoms with E-state index in [4.69, 9.17) is 9.15 Å². The lowest BCUT2D eigenvalue weighted by Gasteiger charge is -2.18. The van der Waals surface area contributed by atoms with E-state index >= 15 is 0 Å². The quantitative estimate of drug-likeness (QED) is 0.221. The third-order valence-corrected chi connectivity index (χ3v) is 8.83. The minimum atomic E-state index is -3.56. The van der Waals surface area contributed by atoms with Gasteiger partial charge in [-0.1, -0.05) is 0 Å². The fourth-order valence-corrected chi connectivity index (χ4v) is 6.12. The number of ether oxygens (including phenoxy) is 1. The minimum absolute atomic E-state index is 0.0989. The molecule has 208 valence electrons. The van der Waals surface area contributed by atoms with Crippen molar-refractivity contribution in [3.63, 3.8) is 0 Å². The van der Waals surface area contributed by atoms with E-state index in [0.29, 0.717) is 66.2 Å². The van der Waals surface area contributed by atoms with Crippen LogP contribution in [0.3, 0.4) is 0 Å². The second-order valence-corrected chi connectivity index (χ2v) is 12.3. The molecular weight excluding hydrogens is 555 g/mol. The van der Waals surface area contributed by atoms with Crippen molar-refractivity contribution < 1.29 is 22.0 Å². The number of nitrogens with one attached hydrogen (secondary N) is 2. The Kier molecular flexibility index (Phi) is 7.15. The van der Waals surface area contributed by atoms with Crippen molar-refractivity contribution in [2.45, 2.75) is 20.8 Å². The predicted octanol–water partition coefficient (Wildman–Crippen LogP) is 6.27. The fraction of sp³-hybridized carbons (Fsp3) is 0.214. The highest BCUT2D eigenvalue weighted by Crippen LogP contribution is 2.43. The van der Waals surface area contributed by atoms with Crippen molar-refractivity contribution in [3.8, 4) is 33.3 Å². The molecule has 5 aromatic rings. The molecular formula is C28H27FN4O5S2. The summed E-state index contributed by atoms with van der Waals surface area (Å²) < 4.78 is 55.4. The summed E-state index contributed by atoms with van der Waals surface area (Å²) >= 11 is 1.27. The van der Waals surface area contributed by atoms with Crippen molar-refractivity contribution in [3.05, 3.63) is 76.1 Å². The molecule has 0 aliphatic heterocycles. The maximum absolute atomic E-state index is 14.0. The molecule has 5 rings (SSSR count). The first-order chi connectivity index (χ1) is 19.0. The van der Waals surface area contributed by atoms with Crippen LogP contribution < -0.4 is 20.3 Å². The summed E-state index contributed by atoms with van der Waals surface area (Å²) in [6.07, 6.45) is 3.26. The first-order valence-electron chi connectivity index (χ1n) is 12.4. The number of pyridine rings is 1. The summed E-state index contributed by atoms with van der Waals surface area (Å²) in [5.41, 5.74) is 2.53. The molecule has 0 aliphatic carbocycles. The number of aromatic nitrogens is 2. The van der Waals surface area contributed by atoms with Gasteiger partial charge in [-0.3, -0.25) is 9.52 Å². The summed E-state index contributed by atoms with van der Waals surface area (Å²) in [5.74, 6) is 0.918. The third-order valence-electron chi connectivity index (χ3n) is 6.38. The largest absolute Gasteiger partial charge is 0.456 e. The second-order valence-electron chi connectivity index (χ2n) is 9.28. The molecule has 0 aliphatic rings. The Morgan fingerprint density at radius 3 is 2.50 bits per heavy atom. The molecule has 3 heterocycles. The number of benzene rings is 2. The van der Waals surface area contributed by atoms with Crippen LogP contribution in [0.15, 0.2) is 58.0 Å². The van der Waals surface area contributed by atoms with E-state index in [1.54, 1.807) is 65.5 Å². The number of halogens is 1. The third kappa shape index (κ3) is 5.19. The molecule has 2 aromatic carbocycles. The summed E-state index contributed by atoms with van der Waals surface area (Å²) in [5, 5.41) is 3.48. The molecule has 0 bridgehead atoms. The van der Waals surface area contributed by atoms with Gasteiger partial charge < -0.3 is 19.0 Å². The lowest BCUT2D eigenvalue weighted by Crippen LogP contribution is -2.16. The van der Waals surface area contributed by atoms with Gasteiger partial charge in [0.25, 0.3) is 11.6 Å². The van der Waals surface area contributed by atoms with Crippen LogP contribution in [0, 0.1) is 19.7 Å². The van der Waals surface area contributed by atoms with Crippen LogP contribution in [0.2, 0.25) is 0 Å². The van der Waals surface area contributed by atoms with Gasteiger partial charge in [0, 0.05) is 42.5 Å². The molecule has 3 aromatic heterocycles. The molecule has 2 N–H and O–H groups in total. The Morgan fingerprint density at radius 2 is 1.85 bits per heavy atom. The smallest absolute Gasteiger partial charge is 0.294 e. The molecule has 0 atom stereocenters. The van der Waals surface area contributed by atoms with Gasteiger partial charge in [0.05, 0.1) is 16.8 Å². The number of aryl methyl sites for hydroxylation is 3. The van der Waals surface area contributed by atoms with E-state index in [0.717, 1.165) is 0 Å². The second kappa shape index (κ2) is 10.4. The number of sulfonamides is 1. The van der Waals surface area contributed by atoms with Crippen LogP contribution in [0.5, 0.6) is 11.5 Å². The molecule has 0 amide bonds. The molecule has 12 heteroatoms. The fourth-order valence-electron chi connectivity index (χ4n) is 4.38. The van der Waals surface area contributed by atoms with Crippen molar-refractivity contribution in [2.75, 3.05) is 22.8 Å². The van der Waals surface area contributed by atoms with E-state index in [-0.39, 0.29) is 17.1 Å². The molecule has 0 unspecified atom stereocenters. The summed E-state index contributed by atoms with van der Waals surface area (Å²) in [7, 11) is -0.218. The minimum Gasteiger partial charge on any atom is -0.456 e. The molecule has 0 saturated heterocycles. The van der Waals surface area contributed by atoms with Gasteiger partial charge in [-0.25, -0.2) is 17.8 Å². The van der Waals surface area contributed by atoms with Crippen LogP contribution >= 0.6 is 11.3 Å². The average molecular weight is 583 g/mol. The van der Waals surface area contributed by atoms with Crippen molar-refractivity contribution >= 4 is 43.1 Å². The lowest BCUT2D eigenvalue weighted by atomic mass is 10.0. The van der Waals surface area contributed by atoms with Gasteiger partial charge >= 0.3 is 0 Å². The molecule has 0 fully saturated rings. The van der Waals surface area contributed by atoms with Crippen LogP contribution in [-0.2, 0) is 17.1 Å². The first kappa shape index (κ1) is 27.4. The lowest BCUT2D eigenvalue weighted by molar-refractivity contribution is 0.474. The standard InChI is InChI=1S/C28H27FN4O5S2/c1-6-40(35,36)32-18-7-8-22(37-25-15(2)9-17(29)10-16(25)3)19(11-18)21-14-33(5)27(34)26-20(21)12-24(39-26)23-13-31-28(30-4)38-23/h7-14,32H,6H2,1-5H3,(H,30,31). The zero-order valence-corrected chi connectivity index (χ0v) is 24.1. The maximum Gasteiger partial charge on any atom is 0.294 e. The molecule has 0 radical (unpaired) electrons. The first-order valence-corrected chi connectivity index (χ1v) is 14.8. The van der Waals surface area contributed by atoms with Gasteiger partial charge in [0.15, 0.2) is 5.76 Å². The number of nitrogens with zero attached hydrogens (tertiary/aromatic N) is 2. The van der Waals surface area contributed by atoms with Gasteiger partial charge in [-0.2, -0.15) is 0 Å². The number of thiophene rings is 1. The van der Waals surface area contributed by atoms with E-state index in [9.17, 15) is 17.6 Å². The summed E-state index contributed by atoms with van der Waals surface area (Å²) in [4.78, 5) is 18.0. The van der Waals surface area contributed by atoms with Gasteiger partial charge in [0.1, 0.15) is 22.0 Å². The van der Waals surface area contributed by atoms with E-state index in [1.165, 1.54) is 28.0 Å². The number of hydrogen-bond donors (Lipinski definition) is 2. The van der Waals surface area contributed by atoms with E-state index in [2.05, 4.69) is 15.0 Å². The Labute approximate surface area is 234 Å². The van der Waals surface area contributed by atoms with Crippen LogP contribution in [0.1, 0.15) is 18.1 Å². The van der Waals surface area contributed by atoms with E-state index in [1.807, 2.05) is 6.07 Å². The zero-order valence-electron chi connectivity index (χ0n) is 22.5. The van der Waals surface area contributed by atoms with Crippen molar-refractivity contribution in [1.82, 2.24) is 9.55 Å². The van der Waals surface area contributed by atoms with Gasteiger partial charge in [-0.15, -0.1) is 11.3 Å². The van der Waals surface area contributed by atoms with Crippen molar-refractivity contribution in [2.24, 2.45) is 7.05 Å².